The Hall–Kier alpha value is -2.49. The van der Waals surface area contributed by atoms with Gasteiger partial charge >= 0.3 is 0 Å². The number of nitrogens with two attached hydrogens (primary N) is 2. The highest BCUT2D eigenvalue weighted by Crippen LogP contribution is 2.27. The van der Waals surface area contributed by atoms with Crippen molar-refractivity contribution in [2.24, 2.45) is 0 Å². The second kappa shape index (κ2) is 5.23. The van der Waals surface area contributed by atoms with Crippen LogP contribution < -0.4 is 16.2 Å². The van der Waals surface area contributed by atoms with E-state index in [1.165, 1.54) is 0 Å². The number of hydrogen-bond acceptors (Lipinski definition) is 4. The predicted octanol–water partition coefficient (Wildman–Crippen LogP) is 2.34. The molecule has 1 heterocycles. The molecule has 2 aromatic rings. The summed E-state index contributed by atoms with van der Waals surface area (Å²) in [7, 11) is 0. The molecule has 4 nitrogen and oxygen atoms in total. The zero-order valence-corrected chi connectivity index (χ0v) is 9.97. The Labute approximate surface area is 106 Å². The average Bonchev–Trinajstić information content (AvgIpc) is 2.41. The summed E-state index contributed by atoms with van der Waals surface area (Å²) in [5, 5.41) is 0. The molecular weight excluding hydrogens is 226 g/mol. The SMILES string of the molecule is C=C(COc1cccc(N)c1N)c1ccccn1. The van der Waals surface area contributed by atoms with Gasteiger partial charge in [-0.05, 0) is 24.3 Å². The van der Waals surface area contributed by atoms with Crippen LogP contribution in [0.25, 0.3) is 5.57 Å². The van der Waals surface area contributed by atoms with Crippen LogP contribution in [0.4, 0.5) is 11.4 Å². The molecule has 4 N–H and O–H groups in total. The van der Waals surface area contributed by atoms with Gasteiger partial charge in [0.1, 0.15) is 12.4 Å². The number of para-hydroxylation sites is 1. The van der Waals surface area contributed by atoms with E-state index in [2.05, 4.69) is 11.6 Å². The average molecular weight is 241 g/mol. The van der Waals surface area contributed by atoms with Gasteiger partial charge in [-0.2, -0.15) is 0 Å². The fourth-order valence-corrected chi connectivity index (χ4v) is 1.50. The van der Waals surface area contributed by atoms with Crippen molar-refractivity contribution in [2.75, 3.05) is 18.1 Å². The van der Waals surface area contributed by atoms with Gasteiger partial charge in [0.15, 0.2) is 0 Å². The fourth-order valence-electron chi connectivity index (χ4n) is 1.50. The van der Waals surface area contributed by atoms with E-state index >= 15 is 0 Å². The lowest BCUT2D eigenvalue weighted by Gasteiger charge is -2.11. The van der Waals surface area contributed by atoms with Gasteiger partial charge in [-0.25, -0.2) is 0 Å². The summed E-state index contributed by atoms with van der Waals surface area (Å²) in [6, 6.07) is 10.9. The van der Waals surface area contributed by atoms with Crippen LogP contribution in [0.3, 0.4) is 0 Å². The molecule has 0 radical (unpaired) electrons. The lowest BCUT2D eigenvalue weighted by molar-refractivity contribution is 0.372. The van der Waals surface area contributed by atoms with Gasteiger partial charge in [-0.15, -0.1) is 0 Å². The maximum Gasteiger partial charge on any atom is 0.144 e. The second-order valence-corrected chi connectivity index (χ2v) is 3.87. The molecule has 0 saturated heterocycles. The van der Waals surface area contributed by atoms with Crippen LogP contribution in [0, 0.1) is 0 Å². The molecule has 0 atom stereocenters. The summed E-state index contributed by atoms with van der Waals surface area (Å²) >= 11 is 0. The Morgan fingerprint density at radius 1 is 1.17 bits per heavy atom. The van der Waals surface area contributed by atoms with Crippen LogP contribution in [-0.2, 0) is 0 Å². The summed E-state index contributed by atoms with van der Waals surface area (Å²) in [4.78, 5) is 4.20. The van der Waals surface area contributed by atoms with E-state index in [1.807, 2.05) is 18.2 Å². The Morgan fingerprint density at radius 2 is 2.00 bits per heavy atom. The summed E-state index contributed by atoms with van der Waals surface area (Å²) in [6.45, 7) is 4.26. The number of anilines is 2. The van der Waals surface area contributed by atoms with Crippen molar-refractivity contribution in [3.8, 4) is 5.75 Å². The third kappa shape index (κ3) is 2.60. The van der Waals surface area contributed by atoms with Crippen molar-refractivity contribution < 1.29 is 4.74 Å². The molecule has 18 heavy (non-hydrogen) atoms. The van der Waals surface area contributed by atoms with Crippen LogP contribution in [-0.4, -0.2) is 11.6 Å². The molecule has 0 saturated carbocycles. The molecule has 0 fully saturated rings. The predicted molar refractivity (Wildman–Crippen MR) is 74.0 cm³/mol. The molecule has 0 spiro atoms. The number of hydrogen-bond donors (Lipinski definition) is 2. The van der Waals surface area contributed by atoms with E-state index < -0.39 is 0 Å². The molecule has 1 aromatic carbocycles. The van der Waals surface area contributed by atoms with Gasteiger partial charge in [0.2, 0.25) is 0 Å². The largest absolute Gasteiger partial charge is 0.487 e. The van der Waals surface area contributed by atoms with Crippen LogP contribution in [0.2, 0.25) is 0 Å². The first-order valence-electron chi connectivity index (χ1n) is 5.54. The highest BCUT2D eigenvalue weighted by Gasteiger charge is 2.05. The first-order valence-corrected chi connectivity index (χ1v) is 5.54. The number of aromatic nitrogens is 1. The Kier molecular flexibility index (Phi) is 3.48. The number of pyridine rings is 1. The second-order valence-electron chi connectivity index (χ2n) is 3.87. The van der Waals surface area contributed by atoms with E-state index in [1.54, 1.807) is 24.4 Å². The van der Waals surface area contributed by atoms with Crippen LogP contribution in [0.15, 0.2) is 49.2 Å². The Morgan fingerprint density at radius 3 is 2.72 bits per heavy atom. The third-order valence-corrected chi connectivity index (χ3v) is 2.53. The molecule has 1 aromatic heterocycles. The van der Waals surface area contributed by atoms with E-state index in [9.17, 15) is 0 Å². The molecular formula is C14H15N3O. The highest BCUT2D eigenvalue weighted by molar-refractivity contribution is 5.71. The number of nitrogen functional groups attached to an aromatic ring is 2. The van der Waals surface area contributed by atoms with Gasteiger partial charge in [0, 0.05) is 11.8 Å². The van der Waals surface area contributed by atoms with E-state index in [4.69, 9.17) is 16.2 Å². The fraction of sp³-hybridized carbons (Fsp3) is 0.0714. The van der Waals surface area contributed by atoms with Crippen LogP contribution >= 0.6 is 0 Å². The first-order chi connectivity index (χ1) is 8.68. The molecule has 0 aliphatic rings. The maximum absolute atomic E-state index is 5.81. The minimum atomic E-state index is 0.324. The summed E-state index contributed by atoms with van der Waals surface area (Å²) in [5.74, 6) is 0.562. The molecule has 0 bridgehead atoms. The smallest absolute Gasteiger partial charge is 0.144 e. The van der Waals surface area contributed by atoms with Crippen molar-refractivity contribution in [1.29, 1.82) is 0 Å². The zero-order valence-electron chi connectivity index (χ0n) is 9.97. The molecule has 0 amide bonds. The third-order valence-electron chi connectivity index (χ3n) is 2.53. The monoisotopic (exact) mass is 241 g/mol. The van der Waals surface area contributed by atoms with Crippen molar-refractivity contribution in [3.63, 3.8) is 0 Å². The molecule has 2 rings (SSSR count). The van der Waals surface area contributed by atoms with Gasteiger partial charge in [0.25, 0.3) is 0 Å². The van der Waals surface area contributed by atoms with E-state index in [0.29, 0.717) is 23.7 Å². The molecule has 0 unspecified atom stereocenters. The van der Waals surface area contributed by atoms with Crippen molar-refractivity contribution in [2.45, 2.75) is 0 Å². The highest BCUT2D eigenvalue weighted by atomic mass is 16.5. The quantitative estimate of drug-likeness (QED) is 0.806. The number of rotatable bonds is 4. The standard InChI is InChI=1S/C14H15N3O/c1-10(12-6-2-3-8-17-12)9-18-13-7-4-5-11(15)14(13)16/h2-8H,1,9,15-16H2. The van der Waals surface area contributed by atoms with E-state index in [-0.39, 0.29) is 0 Å². The van der Waals surface area contributed by atoms with Crippen LogP contribution in [0.1, 0.15) is 5.69 Å². The topological polar surface area (TPSA) is 74.2 Å². The number of ether oxygens (including phenoxy) is 1. The lowest BCUT2D eigenvalue weighted by Crippen LogP contribution is -2.04. The molecule has 0 aliphatic carbocycles. The summed E-state index contributed by atoms with van der Waals surface area (Å²) < 4.78 is 5.59. The number of benzene rings is 1. The maximum atomic E-state index is 5.81. The minimum absolute atomic E-state index is 0.324. The van der Waals surface area contributed by atoms with Crippen molar-refractivity contribution in [1.82, 2.24) is 4.98 Å². The summed E-state index contributed by atoms with van der Waals surface area (Å²) in [5.41, 5.74) is 14.1. The van der Waals surface area contributed by atoms with Gasteiger partial charge in [0.05, 0.1) is 17.1 Å². The lowest BCUT2D eigenvalue weighted by atomic mass is 10.2. The zero-order chi connectivity index (χ0) is 13.0. The molecule has 0 aliphatic heterocycles. The van der Waals surface area contributed by atoms with Crippen LogP contribution in [0.5, 0.6) is 5.75 Å². The summed E-state index contributed by atoms with van der Waals surface area (Å²) in [6.07, 6.45) is 1.72. The number of nitrogens with zero attached hydrogens (tertiary/aromatic N) is 1. The van der Waals surface area contributed by atoms with E-state index in [0.717, 1.165) is 11.3 Å². The Bertz CT molecular complexity index is 552. The minimum Gasteiger partial charge on any atom is -0.487 e. The van der Waals surface area contributed by atoms with Gasteiger partial charge in [-0.1, -0.05) is 18.7 Å². The molecule has 4 heteroatoms. The first kappa shape index (κ1) is 12.0. The van der Waals surface area contributed by atoms with Crippen molar-refractivity contribution in [3.05, 3.63) is 54.9 Å². The molecule has 92 valence electrons. The van der Waals surface area contributed by atoms with Gasteiger partial charge in [-0.3, -0.25) is 4.98 Å². The van der Waals surface area contributed by atoms with Crippen molar-refractivity contribution >= 4 is 16.9 Å². The normalized spacial score (nSPS) is 10.0. The Balaban J connectivity index is 2.04. The van der Waals surface area contributed by atoms with Gasteiger partial charge < -0.3 is 16.2 Å².